The summed E-state index contributed by atoms with van der Waals surface area (Å²) in [6, 6.07) is 3.35. The van der Waals surface area contributed by atoms with Gasteiger partial charge in [-0.3, -0.25) is 4.79 Å². The van der Waals surface area contributed by atoms with Gasteiger partial charge in [0.2, 0.25) is 6.79 Å². The van der Waals surface area contributed by atoms with Crippen molar-refractivity contribution in [1.82, 2.24) is 5.32 Å². The molecule has 2 fully saturated rings. The van der Waals surface area contributed by atoms with Crippen LogP contribution in [0.4, 0.5) is 0 Å². The van der Waals surface area contributed by atoms with Gasteiger partial charge in [-0.2, -0.15) is 0 Å². The number of rotatable bonds is 0. The molecule has 3 aliphatic heterocycles. The zero-order valence-corrected chi connectivity index (χ0v) is 13.4. The maximum Gasteiger partial charge on any atom is 0.252 e. The number of amides is 1. The molecule has 1 aliphatic carbocycles. The lowest BCUT2D eigenvalue weighted by Crippen LogP contribution is -2.60. The summed E-state index contributed by atoms with van der Waals surface area (Å²) < 4.78 is 22.7. The number of fused-ring (bicyclic) bond motifs is 6. The minimum atomic E-state index is -0.773. The van der Waals surface area contributed by atoms with Crippen LogP contribution in [0.25, 0.3) is 0 Å². The highest BCUT2D eigenvalue weighted by Crippen LogP contribution is 2.47. The average molecular weight is 333 g/mol. The normalized spacial score (nSPS) is 38.1. The van der Waals surface area contributed by atoms with Gasteiger partial charge in [-0.15, -0.1) is 0 Å². The molecule has 0 bridgehead atoms. The van der Waals surface area contributed by atoms with E-state index in [1.165, 1.54) is 0 Å². The van der Waals surface area contributed by atoms with Crippen molar-refractivity contribution in [2.75, 3.05) is 6.79 Å². The van der Waals surface area contributed by atoms with Crippen molar-refractivity contribution < 1.29 is 28.8 Å². The second kappa shape index (κ2) is 4.62. The zero-order valence-electron chi connectivity index (χ0n) is 13.4. The zero-order chi connectivity index (χ0) is 16.6. The minimum absolute atomic E-state index is 0.0547. The minimum Gasteiger partial charge on any atom is -0.454 e. The van der Waals surface area contributed by atoms with Crippen LogP contribution in [0.1, 0.15) is 42.1 Å². The second-order valence-corrected chi connectivity index (χ2v) is 7.27. The van der Waals surface area contributed by atoms with E-state index in [4.69, 9.17) is 18.9 Å². The Kier molecular flexibility index (Phi) is 2.79. The number of hydrogen-bond acceptors (Lipinski definition) is 6. The Balaban J connectivity index is 1.59. The number of aliphatic hydroxyl groups excluding tert-OH is 1. The lowest BCUT2D eigenvalue weighted by atomic mass is 9.72. The topological polar surface area (TPSA) is 86.3 Å². The van der Waals surface area contributed by atoms with Crippen LogP contribution in [0.3, 0.4) is 0 Å². The lowest BCUT2D eigenvalue weighted by molar-refractivity contribution is -0.153. The highest BCUT2D eigenvalue weighted by atomic mass is 16.8. The number of hydrogen-bond donors (Lipinski definition) is 2. The summed E-state index contributed by atoms with van der Waals surface area (Å²) in [6.07, 6.45) is -0.960. The first-order valence-corrected chi connectivity index (χ1v) is 8.21. The summed E-state index contributed by atoms with van der Waals surface area (Å²) in [5.41, 5.74) is 1.45. The molecule has 0 radical (unpaired) electrons. The van der Waals surface area contributed by atoms with E-state index in [-0.39, 0.29) is 30.8 Å². The molecule has 0 spiro atoms. The second-order valence-electron chi connectivity index (χ2n) is 7.27. The molecule has 5 atom stereocenters. The summed E-state index contributed by atoms with van der Waals surface area (Å²) in [5.74, 6) is 0.236. The third-order valence-corrected chi connectivity index (χ3v) is 5.31. The summed E-state index contributed by atoms with van der Waals surface area (Å²) >= 11 is 0. The fraction of sp³-hybridized carbons (Fsp3) is 0.588. The Morgan fingerprint density at radius 1 is 1.17 bits per heavy atom. The number of nitrogens with one attached hydrogen (secondary N) is 1. The molecular weight excluding hydrogens is 314 g/mol. The standard InChI is InChI=1S/C17H19NO6/c1-17(2)23-14-10(19)3-8-7-4-11-12(22-6-21-11)5-9(7)16(20)18-13(8)15(14)24-17/h4-5,8,10,13-15,19H,3,6H2,1-2H3,(H,18,20)/t8-,10+,13-,14-,15+/m1/s1. The van der Waals surface area contributed by atoms with Crippen molar-refractivity contribution in [1.29, 1.82) is 0 Å². The number of aliphatic hydroxyl groups is 1. The highest BCUT2D eigenvalue weighted by molar-refractivity contribution is 5.98. The van der Waals surface area contributed by atoms with E-state index < -0.39 is 18.0 Å². The average Bonchev–Trinajstić information content (AvgIpc) is 3.10. The third-order valence-electron chi connectivity index (χ3n) is 5.31. The van der Waals surface area contributed by atoms with Crippen LogP contribution < -0.4 is 14.8 Å². The first kappa shape index (κ1) is 14.5. The van der Waals surface area contributed by atoms with Crippen LogP contribution in [0.5, 0.6) is 11.5 Å². The van der Waals surface area contributed by atoms with Crippen molar-refractivity contribution in [2.24, 2.45) is 0 Å². The molecule has 1 aromatic carbocycles. The summed E-state index contributed by atoms with van der Waals surface area (Å²) in [5, 5.41) is 13.6. The van der Waals surface area contributed by atoms with Crippen molar-refractivity contribution in [2.45, 2.75) is 56.3 Å². The Morgan fingerprint density at radius 2 is 1.88 bits per heavy atom. The predicted molar refractivity (Wildman–Crippen MR) is 81.0 cm³/mol. The fourth-order valence-electron chi connectivity index (χ4n) is 4.36. The molecule has 1 amide bonds. The van der Waals surface area contributed by atoms with E-state index in [9.17, 15) is 9.90 Å². The van der Waals surface area contributed by atoms with Crippen LogP contribution >= 0.6 is 0 Å². The van der Waals surface area contributed by atoms with E-state index in [0.29, 0.717) is 23.5 Å². The van der Waals surface area contributed by atoms with Gasteiger partial charge in [0.1, 0.15) is 12.2 Å². The van der Waals surface area contributed by atoms with Crippen molar-refractivity contribution in [3.8, 4) is 11.5 Å². The molecular formula is C17H19NO6. The van der Waals surface area contributed by atoms with Crippen molar-refractivity contribution in [3.05, 3.63) is 23.3 Å². The molecule has 4 aliphatic rings. The molecule has 24 heavy (non-hydrogen) atoms. The molecule has 0 aromatic heterocycles. The smallest absolute Gasteiger partial charge is 0.252 e. The molecule has 7 heteroatoms. The molecule has 1 saturated heterocycles. The molecule has 3 heterocycles. The number of carbonyl (C=O) groups excluding carboxylic acids is 1. The van der Waals surface area contributed by atoms with Gasteiger partial charge in [0.25, 0.3) is 5.91 Å². The van der Waals surface area contributed by atoms with E-state index >= 15 is 0 Å². The molecule has 0 unspecified atom stereocenters. The van der Waals surface area contributed by atoms with Gasteiger partial charge in [-0.1, -0.05) is 0 Å². The Labute approximate surface area is 138 Å². The van der Waals surface area contributed by atoms with Gasteiger partial charge >= 0.3 is 0 Å². The van der Waals surface area contributed by atoms with Gasteiger partial charge in [-0.05, 0) is 38.0 Å². The predicted octanol–water partition coefficient (Wildman–Crippen LogP) is 0.896. The van der Waals surface area contributed by atoms with E-state index in [0.717, 1.165) is 5.56 Å². The van der Waals surface area contributed by atoms with Crippen LogP contribution in [0.15, 0.2) is 12.1 Å². The van der Waals surface area contributed by atoms with Gasteiger partial charge in [-0.25, -0.2) is 0 Å². The van der Waals surface area contributed by atoms with E-state index in [1.54, 1.807) is 6.07 Å². The monoisotopic (exact) mass is 333 g/mol. The van der Waals surface area contributed by atoms with Gasteiger partial charge in [0.15, 0.2) is 17.3 Å². The quantitative estimate of drug-likeness (QED) is 0.733. The Hall–Kier alpha value is -1.83. The molecule has 5 rings (SSSR count). The van der Waals surface area contributed by atoms with Gasteiger partial charge < -0.3 is 29.4 Å². The van der Waals surface area contributed by atoms with Gasteiger partial charge in [0, 0.05) is 11.5 Å². The molecule has 2 N–H and O–H groups in total. The van der Waals surface area contributed by atoms with E-state index in [2.05, 4.69) is 5.32 Å². The SMILES string of the molecule is CC1(C)O[C@H]2[C@@H]3NC(=O)c4cc5c(cc4[C@H]3C[C@H](O)[C@H]2O1)OCO5. The largest absolute Gasteiger partial charge is 0.454 e. The maximum absolute atomic E-state index is 12.6. The molecule has 128 valence electrons. The van der Waals surface area contributed by atoms with E-state index in [1.807, 2.05) is 19.9 Å². The summed E-state index contributed by atoms with van der Waals surface area (Å²) in [6.45, 7) is 3.81. The summed E-state index contributed by atoms with van der Waals surface area (Å²) in [7, 11) is 0. The van der Waals surface area contributed by atoms with Crippen LogP contribution in [-0.4, -0.2) is 47.9 Å². The van der Waals surface area contributed by atoms with Gasteiger partial charge in [0.05, 0.1) is 12.1 Å². The Morgan fingerprint density at radius 3 is 2.67 bits per heavy atom. The molecule has 1 aromatic rings. The highest BCUT2D eigenvalue weighted by Gasteiger charge is 2.56. The number of carbonyl (C=O) groups is 1. The van der Waals surface area contributed by atoms with Crippen LogP contribution in [-0.2, 0) is 9.47 Å². The Bertz CT molecular complexity index is 732. The first-order chi connectivity index (χ1) is 11.4. The van der Waals surface area contributed by atoms with Crippen LogP contribution in [0.2, 0.25) is 0 Å². The van der Waals surface area contributed by atoms with Crippen molar-refractivity contribution >= 4 is 5.91 Å². The maximum atomic E-state index is 12.6. The van der Waals surface area contributed by atoms with Crippen molar-refractivity contribution in [3.63, 3.8) is 0 Å². The van der Waals surface area contributed by atoms with Crippen LogP contribution in [0, 0.1) is 0 Å². The fourth-order valence-corrected chi connectivity index (χ4v) is 4.36. The summed E-state index contributed by atoms with van der Waals surface area (Å²) in [4.78, 5) is 12.6. The molecule has 1 saturated carbocycles. The number of ether oxygens (including phenoxy) is 4. The molecule has 7 nitrogen and oxygen atoms in total. The first-order valence-electron chi connectivity index (χ1n) is 8.21. The lowest BCUT2D eigenvalue weighted by Gasteiger charge is -2.44. The third kappa shape index (κ3) is 1.92. The number of benzene rings is 1.